The Bertz CT molecular complexity index is 1040. The van der Waals surface area contributed by atoms with E-state index in [-0.39, 0.29) is 41.5 Å². The van der Waals surface area contributed by atoms with Crippen molar-refractivity contribution in [2.75, 3.05) is 0 Å². The van der Waals surface area contributed by atoms with Gasteiger partial charge in [0, 0.05) is 17.7 Å². The molecule has 0 spiro atoms. The first-order valence-corrected chi connectivity index (χ1v) is 9.49. The Hall–Kier alpha value is -3.62. The van der Waals surface area contributed by atoms with E-state index in [1.54, 1.807) is 24.3 Å². The number of hydrogen-bond acceptors (Lipinski definition) is 6. The van der Waals surface area contributed by atoms with Gasteiger partial charge in [-0.25, -0.2) is 4.39 Å². The Morgan fingerprint density at radius 1 is 1.27 bits per heavy atom. The number of nitro groups is 1. The summed E-state index contributed by atoms with van der Waals surface area (Å²) in [6, 6.07) is 11.1. The van der Waals surface area contributed by atoms with E-state index >= 15 is 0 Å². The van der Waals surface area contributed by atoms with Crippen molar-refractivity contribution in [3.05, 3.63) is 75.9 Å². The molecule has 3 rings (SSSR count). The van der Waals surface area contributed by atoms with Gasteiger partial charge in [-0.2, -0.15) is 4.98 Å². The summed E-state index contributed by atoms with van der Waals surface area (Å²) < 4.78 is 18.4. The molecule has 1 N–H and O–H groups in total. The fourth-order valence-corrected chi connectivity index (χ4v) is 2.93. The number of nitro benzene ring substituents is 1. The minimum atomic E-state index is -0.525. The minimum Gasteiger partial charge on any atom is -0.344 e. The smallest absolute Gasteiger partial charge is 0.270 e. The fraction of sp³-hybridized carbons (Fsp3) is 0.286. The van der Waals surface area contributed by atoms with Crippen LogP contribution in [0.1, 0.15) is 37.8 Å². The highest BCUT2D eigenvalue weighted by atomic mass is 19.1. The number of non-ortho nitro benzene ring substituents is 1. The molecule has 0 unspecified atom stereocenters. The zero-order valence-electron chi connectivity index (χ0n) is 16.5. The lowest BCUT2D eigenvalue weighted by Crippen LogP contribution is -2.33. The van der Waals surface area contributed by atoms with Gasteiger partial charge in [0.15, 0.2) is 0 Å². The third-order valence-corrected chi connectivity index (χ3v) is 4.83. The summed E-state index contributed by atoms with van der Waals surface area (Å²) in [6.07, 6.45) is 0.828. The van der Waals surface area contributed by atoms with Crippen LogP contribution in [0.4, 0.5) is 10.1 Å². The highest BCUT2D eigenvalue weighted by Gasteiger charge is 2.26. The van der Waals surface area contributed by atoms with Crippen molar-refractivity contribution in [1.82, 2.24) is 15.5 Å². The molecule has 0 aliphatic heterocycles. The molecule has 156 valence electrons. The van der Waals surface area contributed by atoms with Crippen molar-refractivity contribution >= 4 is 11.6 Å². The van der Waals surface area contributed by atoms with Crippen molar-refractivity contribution in [2.24, 2.45) is 5.92 Å². The Balaban J connectivity index is 1.79. The number of aromatic nitrogens is 2. The number of halogens is 1. The molecule has 1 amide bonds. The first-order chi connectivity index (χ1) is 14.4. The molecular formula is C21H21FN4O4. The van der Waals surface area contributed by atoms with Crippen molar-refractivity contribution in [1.29, 1.82) is 0 Å². The maximum Gasteiger partial charge on any atom is 0.270 e. The summed E-state index contributed by atoms with van der Waals surface area (Å²) in [4.78, 5) is 27.4. The van der Waals surface area contributed by atoms with Gasteiger partial charge in [0.1, 0.15) is 11.9 Å². The van der Waals surface area contributed by atoms with Crippen LogP contribution < -0.4 is 5.32 Å². The van der Waals surface area contributed by atoms with Crippen molar-refractivity contribution in [3.63, 3.8) is 0 Å². The number of nitrogens with zero attached hydrogens (tertiary/aromatic N) is 3. The topological polar surface area (TPSA) is 111 Å². The maximum absolute atomic E-state index is 13.1. The average Bonchev–Trinajstić information content (AvgIpc) is 3.23. The van der Waals surface area contributed by atoms with E-state index in [1.165, 1.54) is 24.3 Å². The van der Waals surface area contributed by atoms with Gasteiger partial charge in [0.05, 0.1) is 11.3 Å². The van der Waals surface area contributed by atoms with Crippen LogP contribution in [0.5, 0.6) is 0 Å². The first kappa shape index (κ1) is 21.1. The van der Waals surface area contributed by atoms with Gasteiger partial charge in [0.25, 0.3) is 5.69 Å². The van der Waals surface area contributed by atoms with Crippen LogP contribution in [-0.4, -0.2) is 21.0 Å². The van der Waals surface area contributed by atoms with Crippen molar-refractivity contribution in [3.8, 4) is 11.4 Å². The van der Waals surface area contributed by atoms with Crippen molar-refractivity contribution in [2.45, 2.75) is 32.7 Å². The van der Waals surface area contributed by atoms with E-state index in [1.807, 2.05) is 13.8 Å². The number of nitrogens with one attached hydrogen (secondary N) is 1. The van der Waals surface area contributed by atoms with Crippen LogP contribution in [0.25, 0.3) is 11.4 Å². The van der Waals surface area contributed by atoms with Gasteiger partial charge in [0.2, 0.25) is 17.6 Å². The molecule has 0 aliphatic rings. The molecule has 0 saturated carbocycles. The second kappa shape index (κ2) is 9.25. The van der Waals surface area contributed by atoms with Crippen LogP contribution in [0.2, 0.25) is 0 Å². The molecule has 0 bridgehead atoms. The van der Waals surface area contributed by atoms with Gasteiger partial charge >= 0.3 is 0 Å². The lowest BCUT2D eigenvalue weighted by molar-refractivity contribution is -0.384. The summed E-state index contributed by atoms with van der Waals surface area (Å²) in [5, 5.41) is 17.8. The molecule has 0 aliphatic carbocycles. The third-order valence-electron chi connectivity index (χ3n) is 4.83. The highest BCUT2D eigenvalue weighted by Crippen LogP contribution is 2.27. The first-order valence-electron chi connectivity index (χ1n) is 9.49. The quantitative estimate of drug-likeness (QED) is 0.438. The number of carbonyl (C=O) groups excluding carboxylic acids is 1. The second-order valence-corrected chi connectivity index (χ2v) is 7.00. The summed E-state index contributed by atoms with van der Waals surface area (Å²) in [5.41, 5.74) is 1.05. The van der Waals surface area contributed by atoms with E-state index in [2.05, 4.69) is 15.5 Å². The summed E-state index contributed by atoms with van der Waals surface area (Å²) in [5.74, 6) is -0.202. The van der Waals surface area contributed by atoms with Crippen LogP contribution in [0, 0.1) is 21.8 Å². The summed E-state index contributed by atoms with van der Waals surface area (Å²) in [6.45, 7) is 3.92. The SMILES string of the molecule is CC[C@@H](C)[C@@H](NC(=O)Cc1ccc(F)cc1)c1nc(-c2cccc([N+](=O)[O-])c2)no1. The van der Waals surface area contributed by atoms with Gasteiger partial charge < -0.3 is 9.84 Å². The Labute approximate surface area is 172 Å². The molecular weight excluding hydrogens is 391 g/mol. The predicted octanol–water partition coefficient (Wildman–Crippen LogP) is 4.23. The van der Waals surface area contributed by atoms with Crippen LogP contribution in [0.15, 0.2) is 53.1 Å². The van der Waals surface area contributed by atoms with E-state index in [9.17, 15) is 19.3 Å². The summed E-state index contributed by atoms with van der Waals surface area (Å²) >= 11 is 0. The molecule has 0 fully saturated rings. The second-order valence-electron chi connectivity index (χ2n) is 7.00. The zero-order chi connectivity index (χ0) is 21.7. The zero-order valence-corrected chi connectivity index (χ0v) is 16.5. The molecule has 1 aromatic heterocycles. The largest absolute Gasteiger partial charge is 0.344 e. The van der Waals surface area contributed by atoms with Gasteiger partial charge in [-0.15, -0.1) is 0 Å². The number of benzene rings is 2. The summed E-state index contributed by atoms with van der Waals surface area (Å²) in [7, 11) is 0. The third kappa shape index (κ3) is 5.05. The normalized spacial score (nSPS) is 12.9. The average molecular weight is 412 g/mol. The predicted molar refractivity (Wildman–Crippen MR) is 107 cm³/mol. The number of carbonyl (C=O) groups is 1. The minimum absolute atomic E-state index is 0.000535. The van der Waals surface area contributed by atoms with E-state index in [0.29, 0.717) is 11.1 Å². The maximum atomic E-state index is 13.1. The Morgan fingerprint density at radius 3 is 2.67 bits per heavy atom. The van der Waals surface area contributed by atoms with Gasteiger partial charge in [-0.05, 0) is 23.6 Å². The Kier molecular flexibility index (Phi) is 6.51. The van der Waals surface area contributed by atoms with Gasteiger partial charge in [-0.1, -0.05) is 49.7 Å². The lowest BCUT2D eigenvalue weighted by Gasteiger charge is -2.20. The molecule has 9 heteroatoms. The van der Waals surface area contributed by atoms with Crippen molar-refractivity contribution < 1.29 is 18.6 Å². The number of amides is 1. The van der Waals surface area contributed by atoms with E-state index < -0.39 is 11.0 Å². The molecule has 0 radical (unpaired) electrons. The fourth-order valence-electron chi connectivity index (χ4n) is 2.93. The highest BCUT2D eigenvalue weighted by molar-refractivity contribution is 5.79. The van der Waals surface area contributed by atoms with E-state index in [0.717, 1.165) is 6.42 Å². The molecule has 3 aromatic rings. The monoisotopic (exact) mass is 412 g/mol. The number of hydrogen-bond donors (Lipinski definition) is 1. The molecule has 2 aromatic carbocycles. The standard InChI is InChI=1S/C21H21FN4O4/c1-3-13(2)19(23-18(27)11-14-7-9-16(22)10-8-14)21-24-20(25-30-21)15-5-4-6-17(12-15)26(28)29/h4-10,12-13,19H,3,11H2,1-2H3,(H,23,27)/t13-,19-/m1/s1. The lowest BCUT2D eigenvalue weighted by atomic mass is 9.98. The molecule has 30 heavy (non-hydrogen) atoms. The molecule has 2 atom stereocenters. The Morgan fingerprint density at radius 2 is 2.00 bits per heavy atom. The number of rotatable bonds is 8. The van der Waals surface area contributed by atoms with Crippen LogP contribution >= 0.6 is 0 Å². The molecule has 0 saturated heterocycles. The molecule has 1 heterocycles. The van der Waals surface area contributed by atoms with Crippen LogP contribution in [0.3, 0.4) is 0 Å². The van der Waals surface area contributed by atoms with Crippen LogP contribution in [-0.2, 0) is 11.2 Å². The van der Waals surface area contributed by atoms with E-state index in [4.69, 9.17) is 4.52 Å². The van der Waals surface area contributed by atoms with Gasteiger partial charge in [-0.3, -0.25) is 14.9 Å². The molecule has 8 nitrogen and oxygen atoms in total.